The highest BCUT2D eigenvalue weighted by molar-refractivity contribution is 5.18. The zero-order valence-electron chi connectivity index (χ0n) is 8.40. The second kappa shape index (κ2) is 1.91. The summed E-state index contributed by atoms with van der Waals surface area (Å²) in [5.41, 5.74) is 1.62. The lowest BCUT2D eigenvalue weighted by Crippen LogP contribution is -2.07. The first-order chi connectivity index (χ1) is 5.67. The molecule has 0 saturated heterocycles. The van der Waals surface area contributed by atoms with Crippen LogP contribution in [0.4, 0.5) is 0 Å². The molecule has 0 bridgehead atoms. The van der Waals surface area contributed by atoms with Gasteiger partial charge in [-0.05, 0) is 48.3 Å². The van der Waals surface area contributed by atoms with E-state index in [2.05, 4.69) is 13.8 Å². The van der Waals surface area contributed by atoms with Crippen molar-refractivity contribution in [1.82, 2.24) is 0 Å². The highest BCUT2D eigenvalue weighted by atomic mass is 14.7. The first-order valence-corrected chi connectivity index (χ1v) is 5.67. The molecule has 0 amide bonds. The van der Waals surface area contributed by atoms with Crippen molar-refractivity contribution < 1.29 is 0 Å². The minimum Gasteiger partial charge on any atom is -0.0593 e. The normalized spacial score (nSPS) is 54.5. The Labute approximate surface area is 75.7 Å². The van der Waals surface area contributed by atoms with Gasteiger partial charge in [-0.3, -0.25) is 0 Å². The van der Waals surface area contributed by atoms with E-state index in [0.29, 0.717) is 0 Å². The van der Waals surface area contributed by atoms with Gasteiger partial charge in [-0.15, -0.1) is 0 Å². The van der Waals surface area contributed by atoms with Crippen molar-refractivity contribution in [2.24, 2.45) is 22.7 Å². The Morgan fingerprint density at radius 2 is 1.75 bits per heavy atom. The Morgan fingerprint density at radius 1 is 1.00 bits per heavy atom. The second-order valence-electron chi connectivity index (χ2n) is 5.99. The molecule has 12 heavy (non-hydrogen) atoms. The fourth-order valence-electron chi connectivity index (χ4n) is 4.16. The van der Waals surface area contributed by atoms with Crippen molar-refractivity contribution in [2.75, 3.05) is 0 Å². The Bertz CT molecular complexity index is 214. The van der Waals surface area contributed by atoms with Gasteiger partial charge in [0, 0.05) is 0 Å². The minimum atomic E-state index is 0.809. The van der Waals surface area contributed by atoms with Crippen molar-refractivity contribution in [2.45, 2.75) is 52.4 Å². The quantitative estimate of drug-likeness (QED) is 0.555. The van der Waals surface area contributed by atoms with E-state index in [-0.39, 0.29) is 0 Å². The van der Waals surface area contributed by atoms with Gasteiger partial charge in [-0.2, -0.15) is 0 Å². The summed E-state index contributed by atoms with van der Waals surface area (Å²) >= 11 is 0. The first-order valence-electron chi connectivity index (χ1n) is 5.67. The lowest BCUT2D eigenvalue weighted by atomic mass is 9.88. The molecule has 3 saturated carbocycles. The van der Waals surface area contributed by atoms with Crippen LogP contribution in [-0.4, -0.2) is 0 Å². The summed E-state index contributed by atoms with van der Waals surface area (Å²) < 4.78 is 0. The van der Waals surface area contributed by atoms with E-state index in [1.54, 1.807) is 6.42 Å². The van der Waals surface area contributed by atoms with Crippen LogP contribution in [0, 0.1) is 22.7 Å². The Kier molecular flexibility index (Phi) is 1.18. The van der Waals surface area contributed by atoms with E-state index in [0.717, 1.165) is 22.7 Å². The lowest BCUT2D eigenvalue weighted by molar-refractivity contribution is 0.337. The molecule has 68 valence electrons. The van der Waals surface area contributed by atoms with Gasteiger partial charge in [0.25, 0.3) is 0 Å². The van der Waals surface area contributed by atoms with Gasteiger partial charge in [0.05, 0.1) is 0 Å². The number of hydrogen-bond acceptors (Lipinski definition) is 0. The van der Waals surface area contributed by atoms with Crippen LogP contribution in [0.15, 0.2) is 0 Å². The van der Waals surface area contributed by atoms with Gasteiger partial charge < -0.3 is 0 Å². The fraction of sp³-hybridized carbons (Fsp3) is 1.00. The molecule has 3 aliphatic rings. The van der Waals surface area contributed by atoms with Crippen molar-refractivity contribution in [1.29, 1.82) is 0 Å². The molecule has 0 heterocycles. The summed E-state index contributed by atoms with van der Waals surface area (Å²) in [6, 6.07) is 0. The van der Waals surface area contributed by atoms with Crippen molar-refractivity contribution in [3.63, 3.8) is 0 Å². The SMILES string of the molecule is CC1(C2C3CCCCC32C)CC1. The predicted octanol–water partition coefficient (Wildman–Crippen LogP) is 3.61. The van der Waals surface area contributed by atoms with E-state index >= 15 is 0 Å². The Morgan fingerprint density at radius 3 is 2.25 bits per heavy atom. The lowest BCUT2D eigenvalue weighted by Gasteiger charge is -2.17. The third kappa shape index (κ3) is 0.744. The molecule has 0 heteroatoms. The summed E-state index contributed by atoms with van der Waals surface area (Å²) in [4.78, 5) is 0. The summed E-state index contributed by atoms with van der Waals surface area (Å²) in [6.07, 6.45) is 9.19. The Balaban J connectivity index is 1.83. The molecular formula is C12H20. The van der Waals surface area contributed by atoms with E-state index in [4.69, 9.17) is 0 Å². The average Bonchev–Trinajstić information content (AvgIpc) is 2.86. The number of fused-ring (bicyclic) bond motifs is 1. The molecule has 0 N–H and O–H groups in total. The monoisotopic (exact) mass is 164 g/mol. The van der Waals surface area contributed by atoms with E-state index in [9.17, 15) is 0 Å². The van der Waals surface area contributed by atoms with Crippen LogP contribution in [0.3, 0.4) is 0 Å². The standard InChI is InChI=1S/C12H20/c1-11(7-8-11)10-9-5-3-4-6-12(9,10)2/h9-10H,3-8H2,1-2H3. The topological polar surface area (TPSA) is 0 Å². The summed E-state index contributed by atoms with van der Waals surface area (Å²) in [5, 5.41) is 0. The van der Waals surface area contributed by atoms with Gasteiger partial charge in [0.2, 0.25) is 0 Å². The van der Waals surface area contributed by atoms with Gasteiger partial charge in [0.15, 0.2) is 0 Å². The third-order valence-electron chi connectivity index (χ3n) is 5.12. The minimum absolute atomic E-state index is 0.809. The first kappa shape index (κ1) is 7.41. The highest BCUT2D eigenvalue weighted by Crippen LogP contribution is 2.77. The van der Waals surface area contributed by atoms with Gasteiger partial charge in [-0.1, -0.05) is 26.7 Å². The smallest absolute Gasteiger partial charge is 0.0258 e. The third-order valence-corrected chi connectivity index (χ3v) is 5.12. The molecule has 3 aliphatic carbocycles. The van der Waals surface area contributed by atoms with Gasteiger partial charge in [-0.25, -0.2) is 0 Å². The summed E-state index contributed by atoms with van der Waals surface area (Å²) in [5.74, 6) is 2.27. The number of rotatable bonds is 1. The fourth-order valence-corrected chi connectivity index (χ4v) is 4.16. The van der Waals surface area contributed by atoms with E-state index < -0.39 is 0 Å². The van der Waals surface area contributed by atoms with Crippen LogP contribution in [0.2, 0.25) is 0 Å². The van der Waals surface area contributed by atoms with Crippen LogP contribution in [0.25, 0.3) is 0 Å². The molecule has 0 nitrogen and oxygen atoms in total. The molecule has 0 aromatic heterocycles. The Hall–Kier alpha value is 0. The van der Waals surface area contributed by atoms with Crippen LogP contribution >= 0.6 is 0 Å². The zero-order valence-corrected chi connectivity index (χ0v) is 8.40. The maximum atomic E-state index is 2.56. The van der Waals surface area contributed by atoms with Crippen LogP contribution in [0.5, 0.6) is 0 Å². The van der Waals surface area contributed by atoms with Crippen LogP contribution in [-0.2, 0) is 0 Å². The highest BCUT2D eigenvalue weighted by Gasteiger charge is 2.69. The molecule has 0 aliphatic heterocycles. The summed E-state index contributed by atoms with van der Waals surface area (Å²) in [7, 11) is 0. The van der Waals surface area contributed by atoms with Crippen molar-refractivity contribution in [3.05, 3.63) is 0 Å². The van der Waals surface area contributed by atoms with Crippen LogP contribution < -0.4 is 0 Å². The summed E-state index contributed by atoms with van der Waals surface area (Å²) in [6.45, 7) is 5.09. The molecule has 0 aromatic rings. The largest absolute Gasteiger partial charge is 0.0593 e. The van der Waals surface area contributed by atoms with Crippen molar-refractivity contribution in [3.8, 4) is 0 Å². The van der Waals surface area contributed by atoms with Gasteiger partial charge >= 0.3 is 0 Å². The second-order valence-corrected chi connectivity index (χ2v) is 5.99. The number of hydrogen-bond donors (Lipinski definition) is 0. The van der Waals surface area contributed by atoms with Crippen molar-refractivity contribution >= 4 is 0 Å². The van der Waals surface area contributed by atoms with E-state index in [1.165, 1.54) is 32.1 Å². The molecule has 3 unspecified atom stereocenters. The molecular weight excluding hydrogens is 144 g/mol. The molecule has 3 atom stereocenters. The molecule has 0 aromatic carbocycles. The predicted molar refractivity (Wildman–Crippen MR) is 50.9 cm³/mol. The van der Waals surface area contributed by atoms with Crippen LogP contribution in [0.1, 0.15) is 52.4 Å². The zero-order chi connectivity index (χ0) is 8.40. The average molecular weight is 164 g/mol. The maximum Gasteiger partial charge on any atom is -0.0258 e. The van der Waals surface area contributed by atoms with E-state index in [1.807, 2.05) is 0 Å². The molecule has 0 spiro atoms. The molecule has 0 radical (unpaired) electrons. The molecule has 3 rings (SSSR count). The molecule has 3 fully saturated rings. The maximum absolute atomic E-state index is 2.56. The van der Waals surface area contributed by atoms with Gasteiger partial charge in [0.1, 0.15) is 0 Å².